The van der Waals surface area contributed by atoms with Gasteiger partial charge in [0.05, 0.1) is 36.8 Å². The molecule has 0 spiro atoms. The van der Waals surface area contributed by atoms with Crippen LogP contribution in [0.25, 0.3) is 11.3 Å². The summed E-state index contributed by atoms with van der Waals surface area (Å²) >= 11 is 0. The monoisotopic (exact) mass is 472 g/mol. The highest BCUT2D eigenvalue weighted by Crippen LogP contribution is 2.29. The number of carbonyl (C=O) groups excluding carboxylic acids is 1. The lowest BCUT2D eigenvalue weighted by atomic mass is 10.1. The van der Waals surface area contributed by atoms with Gasteiger partial charge in [0.15, 0.2) is 0 Å². The molecule has 4 aromatic heterocycles. The van der Waals surface area contributed by atoms with Crippen molar-refractivity contribution in [2.45, 2.75) is 33.0 Å². The highest BCUT2D eigenvalue weighted by atomic mass is 16.5. The van der Waals surface area contributed by atoms with Crippen LogP contribution in [0.2, 0.25) is 0 Å². The molecule has 4 aromatic rings. The Morgan fingerprint density at radius 1 is 1.20 bits per heavy atom. The largest absolute Gasteiger partial charge is 0.382 e. The van der Waals surface area contributed by atoms with Gasteiger partial charge in [-0.3, -0.25) is 14.5 Å². The van der Waals surface area contributed by atoms with Crippen LogP contribution in [0, 0.1) is 13.8 Å². The van der Waals surface area contributed by atoms with Crippen molar-refractivity contribution in [1.29, 1.82) is 0 Å². The lowest BCUT2D eigenvalue weighted by molar-refractivity contribution is 0.0384. The molecule has 1 atom stereocenters. The van der Waals surface area contributed by atoms with Crippen molar-refractivity contribution in [1.82, 2.24) is 34.2 Å². The van der Waals surface area contributed by atoms with E-state index in [2.05, 4.69) is 20.4 Å². The number of nitrogens with zero attached hydrogens (tertiary/aromatic N) is 7. The van der Waals surface area contributed by atoms with E-state index in [0.29, 0.717) is 31.3 Å². The average molecular weight is 473 g/mol. The number of pyridine rings is 1. The fraction of sp³-hybridized carbons (Fsp3) is 0.320. The van der Waals surface area contributed by atoms with Gasteiger partial charge in [-0.2, -0.15) is 5.10 Å². The Morgan fingerprint density at radius 3 is 2.80 bits per heavy atom. The van der Waals surface area contributed by atoms with Crippen molar-refractivity contribution < 1.29 is 9.53 Å². The van der Waals surface area contributed by atoms with Crippen LogP contribution in [0.1, 0.15) is 27.4 Å². The van der Waals surface area contributed by atoms with Gasteiger partial charge in [-0.1, -0.05) is 6.07 Å². The Kier molecular flexibility index (Phi) is 6.04. The summed E-state index contributed by atoms with van der Waals surface area (Å²) in [6.45, 7) is 5.42. The molecule has 35 heavy (non-hydrogen) atoms. The first-order chi connectivity index (χ1) is 16.9. The molecule has 5 rings (SSSR count). The molecule has 180 valence electrons. The van der Waals surface area contributed by atoms with E-state index in [4.69, 9.17) is 9.72 Å². The Hall–Kier alpha value is -4.05. The zero-order chi connectivity index (χ0) is 24.5. The molecule has 0 aliphatic carbocycles. The zero-order valence-electron chi connectivity index (χ0n) is 20.3. The van der Waals surface area contributed by atoms with E-state index in [1.807, 2.05) is 66.9 Å². The third-order valence-electron chi connectivity index (χ3n) is 6.17. The van der Waals surface area contributed by atoms with E-state index in [9.17, 15) is 4.79 Å². The molecular formula is C25H28N8O2. The molecular weight excluding hydrogens is 444 g/mol. The summed E-state index contributed by atoms with van der Waals surface area (Å²) in [6.07, 6.45) is 5.48. The fourth-order valence-electron chi connectivity index (χ4n) is 4.41. The number of aromatic nitrogens is 6. The normalized spacial score (nSPS) is 15.4. The number of rotatable bonds is 7. The van der Waals surface area contributed by atoms with Crippen molar-refractivity contribution in [3.63, 3.8) is 0 Å². The summed E-state index contributed by atoms with van der Waals surface area (Å²) in [4.78, 5) is 29.2. The Labute approximate surface area is 203 Å². The van der Waals surface area contributed by atoms with E-state index in [1.54, 1.807) is 24.2 Å². The second-order valence-electron chi connectivity index (χ2n) is 8.77. The lowest BCUT2D eigenvalue weighted by Gasteiger charge is -2.36. The SMILES string of the molecule is COCC1Cn2cc(-c3nc(Nc4ccnn4C)ncc3C)cc2C(=O)N1Cc1cccc(C)n1. The molecule has 10 heteroatoms. The molecule has 10 nitrogen and oxygen atoms in total. The summed E-state index contributed by atoms with van der Waals surface area (Å²) in [5.41, 5.74) is 4.97. The smallest absolute Gasteiger partial charge is 0.271 e. The summed E-state index contributed by atoms with van der Waals surface area (Å²) in [5, 5.41) is 7.36. The molecule has 0 radical (unpaired) electrons. The van der Waals surface area contributed by atoms with E-state index in [0.717, 1.165) is 34.0 Å². The van der Waals surface area contributed by atoms with Crippen molar-refractivity contribution >= 4 is 17.7 Å². The Morgan fingerprint density at radius 2 is 2.06 bits per heavy atom. The van der Waals surface area contributed by atoms with Crippen LogP contribution < -0.4 is 5.32 Å². The second-order valence-corrected chi connectivity index (χ2v) is 8.77. The minimum Gasteiger partial charge on any atom is -0.382 e. The standard InChI is InChI=1S/C25H28N8O2/c1-16-11-26-25(29-22-8-9-27-31(22)3)30-23(16)18-10-21-24(34)33(13-19-7-5-6-17(2)28-19)20(15-35-4)14-32(21)12-18/h5-12,20H,13-15H2,1-4H3,(H,26,29,30). The number of fused-ring (bicyclic) bond motifs is 1. The van der Waals surface area contributed by atoms with Gasteiger partial charge in [0.2, 0.25) is 5.95 Å². The molecule has 0 fully saturated rings. The number of ether oxygens (including phenoxy) is 1. The van der Waals surface area contributed by atoms with Crippen molar-refractivity contribution in [2.75, 3.05) is 19.0 Å². The molecule has 0 saturated heterocycles. The second kappa shape index (κ2) is 9.30. The highest BCUT2D eigenvalue weighted by molar-refractivity contribution is 5.95. The van der Waals surface area contributed by atoms with Crippen LogP contribution in [0.4, 0.5) is 11.8 Å². The maximum atomic E-state index is 13.6. The van der Waals surface area contributed by atoms with Gasteiger partial charge in [0.1, 0.15) is 11.5 Å². The number of amides is 1. The summed E-state index contributed by atoms with van der Waals surface area (Å²) < 4.78 is 9.17. The van der Waals surface area contributed by atoms with Gasteiger partial charge in [0, 0.05) is 50.4 Å². The van der Waals surface area contributed by atoms with Crippen LogP contribution >= 0.6 is 0 Å². The predicted molar refractivity (Wildman–Crippen MR) is 131 cm³/mol. The topological polar surface area (TPSA) is 103 Å². The molecule has 0 bridgehead atoms. The van der Waals surface area contributed by atoms with Crippen LogP contribution in [-0.4, -0.2) is 59.9 Å². The van der Waals surface area contributed by atoms with Gasteiger partial charge in [-0.25, -0.2) is 9.97 Å². The Bertz CT molecular complexity index is 1380. The van der Waals surface area contributed by atoms with E-state index in [1.165, 1.54) is 0 Å². The van der Waals surface area contributed by atoms with Crippen molar-refractivity contribution in [3.05, 3.63) is 71.6 Å². The molecule has 1 aliphatic rings. The average Bonchev–Trinajstić information content (AvgIpc) is 3.44. The summed E-state index contributed by atoms with van der Waals surface area (Å²) in [5.74, 6) is 1.20. The van der Waals surface area contributed by atoms with E-state index >= 15 is 0 Å². The number of nitrogens with one attached hydrogen (secondary N) is 1. The molecule has 1 N–H and O–H groups in total. The Balaban J connectivity index is 1.46. The number of anilines is 2. The number of aryl methyl sites for hydroxylation is 3. The first-order valence-electron chi connectivity index (χ1n) is 11.4. The minimum absolute atomic E-state index is 0.0483. The van der Waals surface area contributed by atoms with Crippen LogP contribution in [-0.2, 0) is 24.9 Å². The van der Waals surface area contributed by atoms with Gasteiger partial charge in [-0.05, 0) is 37.6 Å². The van der Waals surface area contributed by atoms with Gasteiger partial charge < -0.3 is 19.5 Å². The first-order valence-corrected chi connectivity index (χ1v) is 11.4. The van der Waals surface area contributed by atoms with E-state index in [-0.39, 0.29) is 11.9 Å². The maximum absolute atomic E-state index is 13.6. The van der Waals surface area contributed by atoms with Crippen LogP contribution in [0.5, 0.6) is 0 Å². The number of carbonyl (C=O) groups is 1. The molecule has 1 aliphatic heterocycles. The van der Waals surface area contributed by atoms with Crippen molar-refractivity contribution in [3.8, 4) is 11.3 Å². The molecule has 1 unspecified atom stereocenters. The summed E-state index contributed by atoms with van der Waals surface area (Å²) in [6, 6.07) is 9.53. The zero-order valence-corrected chi connectivity index (χ0v) is 20.3. The lowest BCUT2D eigenvalue weighted by Crippen LogP contribution is -2.49. The van der Waals surface area contributed by atoms with Gasteiger partial charge in [0.25, 0.3) is 5.91 Å². The van der Waals surface area contributed by atoms with E-state index < -0.39 is 0 Å². The highest BCUT2D eigenvalue weighted by Gasteiger charge is 2.33. The molecule has 0 aromatic carbocycles. The fourth-order valence-corrected chi connectivity index (χ4v) is 4.41. The molecule has 1 amide bonds. The number of hydrogen-bond acceptors (Lipinski definition) is 7. The number of methoxy groups -OCH3 is 1. The number of hydrogen-bond donors (Lipinski definition) is 1. The predicted octanol–water partition coefficient (Wildman–Crippen LogP) is 3.11. The first kappa shape index (κ1) is 22.7. The van der Waals surface area contributed by atoms with Crippen molar-refractivity contribution in [2.24, 2.45) is 7.05 Å². The van der Waals surface area contributed by atoms with Crippen LogP contribution in [0.3, 0.4) is 0 Å². The minimum atomic E-state index is -0.101. The maximum Gasteiger partial charge on any atom is 0.271 e. The summed E-state index contributed by atoms with van der Waals surface area (Å²) in [7, 11) is 3.50. The molecule has 0 saturated carbocycles. The quantitative estimate of drug-likeness (QED) is 0.441. The van der Waals surface area contributed by atoms with Gasteiger partial charge >= 0.3 is 0 Å². The third kappa shape index (κ3) is 4.52. The third-order valence-corrected chi connectivity index (χ3v) is 6.17. The van der Waals surface area contributed by atoms with Crippen LogP contribution in [0.15, 0.2) is 48.9 Å². The molecule has 5 heterocycles. The van der Waals surface area contributed by atoms with Gasteiger partial charge in [-0.15, -0.1) is 0 Å².